The van der Waals surface area contributed by atoms with Crippen LogP contribution >= 0.6 is 33.9 Å². The van der Waals surface area contributed by atoms with Crippen molar-refractivity contribution in [2.75, 3.05) is 27.4 Å². The number of ether oxygens (including phenoxy) is 3. The molecule has 1 fully saturated rings. The number of carbonyl (C=O) groups is 2. The van der Waals surface area contributed by atoms with E-state index in [9.17, 15) is 14.7 Å². The monoisotopic (exact) mass is 674 g/mol. The van der Waals surface area contributed by atoms with E-state index in [1.807, 2.05) is 74.7 Å². The number of methoxy groups -OCH3 is 2. The van der Waals surface area contributed by atoms with E-state index in [2.05, 4.69) is 9.62 Å². The Morgan fingerprint density at radius 3 is 2.20 bits per heavy atom. The Labute approximate surface area is 277 Å². The zero-order valence-corrected chi connectivity index (χ0v) is 28.5. The molecule has 1 heterocycles. The summed E-state index contributed by atoms with van der Waals surface area (Å²) in [5.41, 5.74) is 2.42. The van der Waals surface area contributed by atoms with Gasteiger partial charge >= 0.3 is 5.97 Å². The Hall–Kier alpha value is -3.08. The van der Waals surface area contributed by atoms with Gasteiger partial charge < -0.3 is 24.6 Å². The Morgan fingerprint density at radius 1 is 1.04 bits per heavy atom. The number of nitrogens with zero attached hydrogens (tertiary/aromatic N) is 1. The number of hydrogen-bond donors (Lipinski definition) is 2. The lowest BCUT2D eigenvalue weighted by molar-refractivity contribution is -0.143. The first-order valence-corrected chi connectivity index (χ1v) is 16.8. The lowest BCUT2D eigenvalue weighted by Crippen LogP contribution is -2.56. The van der Waals surface area contributed by atoms with Gasteiger partial charge in [-0.1, -0.05) is 58.1 Å². The van der Waals surface area contributed by atoms with Crippen molar-refractivity contribution in [1.82, 2.24) is 9.62 Å². The van der Waals surface area contributed by atoms with Gasteiger partial charge in [0, 0.05) is 34.5 Å². The molecule has 3 aromatic rings. The highest BCUT2D eigenvalue weighted by Crippen LogP contribution is 2.44. The Bertz CT molecular complexity index is 1520. The number of carboxylic acids is 1. The standard InChI is InChI=1S/C34H40Cl2N2O6S/c1-6-44-21-23-16-29(42-4)31(30(17-23)43-5)24-11-9-22(10-12-24)15-28(32(39)40)37-33(41)34(3)13-8-14-38(34)45(7-2)27-19-25(35)18-26(36)20-27/h7,9-12,16-20,28H,6,8,13-15,21H2,1-5H3,(H,37,41)(H,39,40)/t28-,34-,45?/m0/s1. The minimum Gasteiger partial charge on any atom is -0.496 e. The van der Waals surface area contributed by atoms with E-state index in [-0.39, 0.29) is 12.3 Å². The fourth-order valence-corrected chi connectivity index (χ4v) is 8.50. The molecule has 0 radical (unpaired) electrons. The Balaban J connectivity index is 1.54. The van der Waals surface area contributed by atoms with Crippen molar-refractivity contribution in [3.8, 4) is 22.6 Å². The summed E-state index contributed by atoms with van der Waals surface area (Å²) in [6.07, 6.45) is 1.52. The lowest BCUT2D eigenvalue weighted by Gasteiger charge is -2.37. The van der Waals surface area contributed by atoms with Gasteiger partial charge in [-0.2, -0.15) is 0 Å². The highest BCUT2D eigenvalue weighted by molar-refractivity contribution is 8.13. The predicted octanol–water partition coefficient (Wildman–Crippen LogP) is 7.25. The van der Waals surface area contributed by atoms with Gasteiger partial charge in [-0.05, 0) is 86.0 Å². The van der Waals surface area contributed by atoms with Crippen molar-refractivity contribution < 1.29 is 28.9 Å². The van der Waals surface area contributed by atoms with Gasteiger partial charge in [0.2, 0.25) is 5.91 Å². The topological polar surface area (TPSA) is 97.3 Å². The molecule has 242 valence electrons. The van der Waals surface area contributed by atoms with Crippen LogP contribution in [0.2, 0.25) is 10.0 Å². The first kappa shape index (κ1) is 34.8. The molecular formula is C34H40Cl2N2O6S. The third-order valence-corrected chi connectivity index (χ3v) is 10.6. The predicted molar refractivity (Wildman–Crippen MR) is 182 cm³/mol. The van der Waals surface area contributed by atoms with Gasteiger partial charge in [0.15, 0.2) is 0 Å². The fourth-order valence-electron chi connectivity index (χ4n) is 5.63. The molecule has 1 aliphatic rings. The SMILES string of the molecule is C/C=S(\c1cc(Cl)cc(Cl)c1)N1CCC[C@@]1(C)C(=O)N[C@@H](Cc1ccc(-c2c(OC)cc(COCC)cc2OC)cc1)C(=O)O. The van der Waals surface area contributed by atoms with Crippen molar-refractivity contribution in [2.24, 2.45) is 0 Å². The quantitative estimate of drug-likeness (QED) is 0.184. The van der Waals surface area contributed by atoms with Gasteiger partial charge in [-0.15, -0.1) is 0 Å². The molecule has 0 aliphatic carbocycles. The molecule has 11 heteroatoms. The van der Waals surface area contributed by atoms with Crippen molar-refractivity contribution in [3.63, 3.8) is 0 Å². The highest BCUT2D eigenvalue weighted by Gasteiger charge is 2.46. The van der Waals surface area contributed by atoms with E-state index in [0.29, 0.717) is 47.7 Å². The van der Waals surface area contributed by atoms with Gasteiger partial charge in [0.25, 0.3) is 0 Å². The molecule has 1 aliphatic heterocycles. The van der Waals surface area contributed by atoms with Crippen LogP contribution in [0.25, 0.3) is 11.1 Å². The van der Waals surface area contributed by atoms with Crippen molar-refractivity contribution >= 4 is 51.1 Å². The van der Waals surface area contributed by atoms with Crippen LogP contribution in [0.15, 0.2) is 59.5 Å². The first-order valence-electron chi connectivity index (χ1n) is 14.8. The second-order valence-corrected chi connectivity index (χ2v) is 13.8. The summed E-state index contributed by atoms with van der Waals surface area (Å²) in [4.78, 5) is 27.1. The van der Waals surface area contributed by atoms with Crippen LogP contribution in [-0.4, -0.2) is 65.6 Å². The number of nitrogens with one attached hydrogen (secondary N) is 1. The van der Waals surface area contributed by atoms with E-state index in [1.54, 1.807) is 20.3 Å². The summed E-state index contributed by atoms with van der Waals surface area (Å²) < 4.78 is 19.0. The second-order valence-electron chi connectivity index (χ2n) is 10.9. The lowest BCUT2D eigenvalue weighted by atomic mass is 9.96. The van der Waals surface area contributed by atoms with Gasteiger partial charge in [-0.25, -0.2) is 9.10 Å². The molecule has 0 aromatic heterocycles. The summed E-state index contributed by atoms with van der Waals surface area (Å²) >= 11 is 12.6. The maximum atomic E-state index is 13.8. The Kier molecular flexibility index (Phi) is 12.0. The smallest absolute Gasteiger partial charge is 0.326 e. The zero-order valence-electron chi connectivity index (χ0n) is 26.2. The molecule has 0 spiro atoms. The van der Waals surface area contributed by atoms with E-state index < -0.39 is 28.2 Å². The number of carbonyl (C=O) groups excluding carboxylic acids is 1. The van der Waals surface area contributed by atoms with Gasteiger partial charge in [0.1, 0.15) is 23.1 Å². The van der Waals surface area contributed by atoms with Crippen molar-refractivity contribution in [1.29, 1.82) is 0 Å². The molecule has 1 unspecified atom stereocenters. The number of hydrogen-bond acceptors (Lipinski definition) is 6. The number of halogens is 2. The van der Waals surface area contributed by atoms with Crippen LogP contribution in [0.1, 0.15) is 44.7 Å². The molecule has 3 aromatic carbocycles. The van der Waals surface area contributed by atoms with Crippen LogP contribution < -0.4 is 14.8 Å². The summed E-state index contributed by atoms with van der Waals surface area (Å²) in [6, 6.07) is 15.7. The minimum atomic E-state index is -1.11. The van der Waals surface area contributed by atoms with Gasteiger partial charge in [-0.3, -0.25) is 4.79 Å². The normalized spacial score (nSPS) is 18.0. The molecule has 1 amide bonds. The number of aliphatic carboxylic acids is 1. The molecule has 8 nitrogen and oxygen atoms in total. The molecular weight excluding hydrogens is 635 g/mol. The molecule has 0 saturated carbocycles. The van der Waals surface area contributed by atoms with Crippen molar-refractivity contribution in [3.05, 3.63) is 75.8 Å². The average molecular weight is 676 g/mol. The van der Waals surface area contributed by atoms with Crippen LogP contribution in [0, 0.1) is 0 Å². The fraction of sp³-hybridized carbons (Fsp3) is 0.382. The molecule has 2 N–H and O–H groups in total. The molecule has 0 bridgehead atoms. The Morgan fingerprint density at radius 2 is 1.67 bits per heavy atom. The summed E-state index contributed by atoms with van der Waals surface area (Å²) in [5, 5.41) is 16.0. The average Bonchev–Trinajstić information content (AvgIpc) is 3.41. The maximum Gasteiger partial charge on any atom is 0.326 e. The number of carboxylic acid groups (broad SMARTS) is 1. The van der Waals surface area contributed by atoms with Crippen LogP contribution in [0.3, 0.4) is 0 Å². The number of benzene rings is 3. The molecule has 3 atom stereocenters. The largest absolute Gasteiger partial charge is 0.496 e. The van der Waals surface area contributed by atoms with Gasteiger partial charge in [0.05, 0.1) is 26.4 Å². The number of rotatable bonds is 13. The number of amides is 1. The van der Waals surface area contributed by atoms with Crippen LogP contribution in [0.5, 0.6) is 11.5 Å². The molecule has 45 heavy (non-hydrogen) atoms. The van der Waals surface area contributed by atoms with Crippen LogP contribution in [0.4, 0.5) is 0 Å². The first-order chi connectivity index (χ1) is 21.5. The van der Waals surface area contributed by atoms with Crippen LogP contribution in [-0.2, 0) is 27.4 Å². The third kappa shape index (κ3) is 8.02. The second kappa shape index (κ2) is 15.5. The van der Waals surface area contributed by atoms with Crippen molar-refractivity contribution in [2.45, 2.75) is 63.1 Å². The molecule has 1 saturated heterocycles. The summed E-state index contributed by atoms with van der Waals surface area (Å²) in [6.45, 7) is 7.47. The molecule has 4 rings (SSSR count). The maximum absolute atomic E-state index is 13.8. The minimum absolute atomic E-state index is 0.120. The summed E-state index contributed by atoms with van der Waals surface area (Å²) in [7, 11) is 2.64. The third-order valence-electron chi connectivity index (χ3n) is 7.93. The zero-order chi connectivity index (χ0) is 32.7. The van der Waals surface area contributed by atoms with E-state index >= 15 is 0 Å². The van der Waals surface area contributed by atoms with E-state index in [4.69, 9.17) is 37.4 Å². The van der Waals surface area contributed by atoms with E-state index in [0.717, 1.165) is 33.6 Å². The highest BCUT2D eigenvalue weighted by atomic mass is 35.5. The van der Waals surface area contributed by atoms with E-state index in [1.165, 1.54) is 0 Å². The summed E-state index contributed by atoms with van der Waals surface area (Å²) in [5.74, 6) is -0.134.